The molecule has 0 saturated heterocycles. The summed E-state index contributed by atoms with van der Waals surface area (Å²) in [5.74, 6) is 0.268. The lowest BCUT2D eigenvalue weighted by Gasteiger charge is -2.11. The van der Waals surface area contributed by atoms with Crippen molar-refractivity contribution in [2.24, 2.45) is 0 Å². The molecule has 0 saturated carbocycles. The van der Waals surface area contributed by atoms with E-state index in [1.807, 2.05) is 53.1 Å². The molecule has 7 heteroatoms. The second-order valence-electron chi connectivity index (χ2n) is 5.53. The van der Waals surface area contributed by atoms with Crippen LogP contribution in [-0.2, 0) is 4.79 Å². The number of para-hydroxylation sites is 1. The lowest BCUT2D eigenvalue weighted by molar-refractivity contribution is -0.113. The Bertz CT molecular complexity index is 979. The fourth-order valence-electron chi connectivity index (χ4n) is 2.45. The van der Waals surface area contributed by atoms with Gasteiger partial charge in [-0.3, -0.25) is 9.36 Å². The van der Waals surface area contributed by atoms with Gasteiger partial charge in [0.25, 0.3) is 0 Å². The van der Waals surface area contributed by atoms with Crippen LogP contribution in [-0.4, -0.2) is 25.7 Å². The molecular weight excluding hydrogens is 370 g/mol. The van der Waals surface area contributed by atoms with E-state index in [9.17, 15) is 9.90 Å². The van der Waals surface area contributed by atoms with E-state index in [-0.39, 0.29) is 16.4 Å². The summed E-state index contributed by atoms with van der Waals surface area (Å²) < 4.78 is 1.82. The molecule has 1 heterocycles. The molecular formula is C19H16ClN3O2S. The van der Waals surface area contributed by atoms with Crippen molar-refractivity contribution in [2.75, 3.05) is 0 Å². The Balaban J connectivity index is 2.20. The molecule has 0 atom stereocenters. The van der Waals surface area contributed by atoms with Gasteiger partial charge in [-0.05, 0) is 49.9 Å². The number of thioether (sulfide) groups is 1. The molecule has 0 spiro atoms. The molecule has 0 amide bonds. The smallest absolute Gasteiger partial charge is 0.201 e. The van der Waals surface area contributed by atoms with Gasteiger partial charge in [-0.2, -0.15) is 0 Å². The van der Waals surface area contributed by atoms with Gasteiger partial charge in [0.05, 0.1) is 9.93 Å². The normalized spacial score (nSPS) is 12.0. The lowest BCUT2D eigenvalue weighted by atomic mass is 10.2. The van der Waals surface area contributed by atoms with Crippen molar-refractivity contribution >= 4 is 29.1 Å². The first-order chi connectivity index (χ1) is 12.5. The zero-order valence-electron chi connectivity index (χ0n) is 14.2. The molecule has 0 fully saturated rings. The molecule has 3 rings (SSSR count). The van der Waals surface area contributed by atoms with Crippen LogP contribution in [0.25, 0.3) is 17.1 Å². The Hall–Kier alpha value is -2.57. The number of carbonyl (C=O) groups is 1. The van der Waals surface area contributed by atoms with Gasteiger partial charge in [-0.1, -0.05) is 41.9 Å². The third-order valence-corrected chi connectivity index (χ3v) is 5.17. The highest BCUT2D eigenvalue weighted by Gasteiger charge is 2.21. The van der Waals surface area contributed by atoms with Crippen molar-refractivity contribution in [1.82, 2.24) is 14.8 Å². The van der Waals surface area contributed by atoms with Crippen molar-refractivity contribution in [3.63, 3.8) is 0 Å². The second kappa shape index (κ2) is 7.76. The summed E-state index contributed by atoms with van der Waals surface area (Å²) in [5, 5.41) is 19.4. The van der Waals surface area contributed by atoms with E-state index in [0.717, 1.165) is 23.0 Å². The summed E-state index contributed by atoms with van der Waals surface area (Å²) in [4.78, 5) is 12.1. The van der Waals surface area contributed by atoms with Gasteiger partial charge in [-0.15, -0.1) is 10.2 Å². The number of ketones is 1. The topological polar surface area (TPSA) is 68.0 Å². The average molecular weight is 386 g/mol. The zero-order valence-corrected chi connectivity index (χ0v) is 15.8. The highest BCUT2D eigenvalue weighted by molar-refractivity contribution is 8.03. The SMILES string of the molecule is CC(=O)/C(Sc1nnc(-c2ccccc2Cl)n1-c1ccccc1)=C(\C)O. The van der Waals surface area contributed by atoms with Crippen LogP contribution in [0, 0.1) is 0 Å². The molecule has 0 bridgehead atoms. The molecule has 3 aromatic rings. The fourth-order valence-corrected chi connectivity index (χ4v) is 3.51. The van der Waals surface area contributed by atoms with Gasteiger partial charge in [0.15, 0.2) is 11.6 Å². The summed E-state index contributed by atoms with van der Waals surface area (Å²) in [6, 6.07) is 16.9. The van der Waals surface area contributed by atoms with Crippen molar-refractivity contribution in [1.29, 1.82) is 0 Å². The van der Waals surface area contributed by atoms with Crippen molar-refractivity contribution in [2.45, 2.75) is 19.0 Å². The van der Waals surface area contributed by atoms with Gasteiger partial charge >= 0.3 is 0 Å². The molecule has 26 heavy (non-hydrogen) atoms. The van der Waals surface area contributed by atoms with Gasteiger partial charge in [0.2, 0.25) is 5.16 Å². The number of Topliss-reactive ketones (excluding diaryl/α,β-unsaturated/α-hetero) is 1. The minimum atomic E-state index is -0.239. The average Bonchev–Trinajstić information content (AvgIpc) is 3.03. The van der Waals surface area contributed by atoms with Crippen LogP contribution in [0.3, 0.4) is 0 Å². The molecule has 2 aromatic carbocycles. The highest BCUT2D eigenvalue weighted by Crippen LogP contribution is 2.35. The molecule has 0 unspecified atom stereocenters. The van der Waals surface area contributed by atoms with Crippen LogP contribution in [0.1, 0.15) is 13.8 Å². The summed E-state index contributed by atoms with van der Waals surface area (Å²) in [7, 11) is 0. The maximum Gasteiger partial charge on any atom is 0.201 e. The molecule has 5 nitrogen and oxygen atoms in total. The summed E-state index contributed by atoms with van der Waals surface area (Å²) in [5.41, 5.74) is 1.56. The second-order valence-corrected chi connectivity index (χ2v) is 6.91. The van der Waals surface area contributed by atoms with Gasteiger partial charge < -0.3 is 5.11 Å². The van der Waals surface area contributed by atoms with E-state index in [1.54, 1.807) is 6.07 Å². The van der Waals surface area contributed by atoms with Crippen LogP contribution in [0.15, 0.2) is 70.4 Å². The number of benzene rings is 2. The predicted molar refractivity (Wildman–Crippen MR) is 104 cm³/mol. The third kappa shape index (κ3) is 3.66. The summed E-state index contributed by atoms with van der Waals surface area (Å²) in [6.45, 7) is 2.88. The number of aromatic nitrogens is 3. The van der Waals surface area contributed by atoms with E-state index < -0.39 is 0 Å². The Morgan fingerprint density at radius 1 is 1.04 bits per heavy atom. The Labute approximate surface area is 160 Å². The van der Waals surface area contributed by atoms with E-state index in [1.165, 1.54) is 13.8 Å². The Morgan fingerprint density at radius 3 is 2.31 bits per heavy atom. The van der Waals surface area contributed by atoms with E-state index in [0.29, 0.717) is 16.0 Å². The van der Waals surface area contributed by atoms with Crippen LogP contribution in [0.2, 0.25) is 5.02 Å². The first-order valence-corrected chi connectivity index (χ1v) is 9.03. The van der Waals surface area contributed by atoms with Crippen LogP contribution in [0.5, 0.6) is 0 Å². The molecule has 0 aliphatic rings. The third-order valence-electron chi connectivity index (χ3n) is 3.60. The number of rotatable bonds is 5. The van der Waals surface area contributed by atoms with Crippen LogP contribution >= 0.6 is 23.4 Å². The van der Waals surface area contributed by atoms with Gasteiger partial charge in [-0.25, -0.2) is 0 Å². The van der Waals surface area contributed by atoms with Crippen molar-refractivity contribution in [3.05, 3.63) is 70.3 Å². The highest BCUT2D eigenvalue weighted by atomic mass is 35.5. The molecule has 1 aromatic heterocycles. The molecule has 1 N–H and O–H groups in total. The number of hydrogen-bond donors (Lipinski definition) is 1. The number of carbonyl (C=O) groups excluding carboxylic acids is 1. The van der Waals surface area contributed by atoms with Crippen LogP contribution in [0.4, 0.5) is 0 Å². The number of allylic oxidation sites excluding steroid dienone is 2. The van der Waals surface area contributed by atoms with E-state index in [4.69, 9.17) is 11.6 Å². The number of halogens is 1. The first-order valence-electron chi connectivity index (χ1n) is 7.83. The number of aliphatic hydroxyl groups excluding tert-OH is 1. The number of nitrogens with zero attached hydrogens (tertiary/aromatic N) is 3. The maximum absolute atomic E-state index is 11.9. The monoisotopic (exact) mass is 385 g/mol. The largest absolute Gasteiger partial charge is 0.511 e. The Kier molecular flexibility index (Phi) is 5.44. The van der Waals surface area contributed by atoms with E-state index >= 15 is 0 Å². The van der Waals surface area contributed by atoms with E-state index in [2.05, 4.69) is 10.2 Å². The molecule has 0 aliphatic heterocycles. The molecule has 0 aliphatic carbocycles. The Morgan fingerprint density at radius 2 is 1.69 bits per heavy atom. The minimum absolute atomic E-state index is 0.0515. The quantitative estimate of drug-likeness (QED) is 0.377. The summed E-state index contributed by atoms with van der Waals surface area (Å²) in [6.07, 6.45) is 0. The van der Waals surface area contributed by atoms with Crippen molar-refractivity contribution in [3.8, 4) is 17.1 Å². The zero-order chi connectivity index (χ0) is 18.7. The predicted octanol–water partition coefficient (Wildman–Crippen LogP) is 5.06. The van der Waals surface area contributed by atoms with Gasteiger partial charge in [0.1, 0.15) is 5.76 Å². The first kappa shape index (κ1) is 18.2. The minimum Gasteiger partial charge on any atom is -0.511 e. The van der Waals surface area contributed by atoms with Crippen molar-refractivity contribution < 1.29 is 9.90 Å². The summed E-state index contributed by atoms with van der Waals surface area (Å²) >= 11 is 7.42. The molecule has 0 radical (unpaired) electrons. The standard InChI is InChI=1S/C19H16ClN3O2S/c1-12(24)17(13(2)25)26-19-22-21-18(15-10-6-7-11-16(15)20)23(19)14-8-4-3-5-9-14/h3-11,24H,1-2H3/b17-12-. The molecule has 132 valence electrons. The number of hydrogen-bond acceptors (Lipinski definition) is 5. The fraction of sp³-hybridized carbons (Fsp3) is 0.105. The van der Waals surface area contributed by atoms with Crippen LogP contribution < -0.4 is 0 Å². The maximum atomic E-state index is 11.9. The number of aliphatic hydroxyl groups is 1. The lowest BCUT2D eigenvalue weighted by Crippen LogP contribution is -2.02. The van der Waals surface area contributed by atoms with Gasteiger partial charge in [0, 0.05) is 11.3 Å².